The molecule has 0 saturated carbocycles. The van der Waals surface area contributed by atoms with Crippen LogP contribution in [0.2, 0.25) is 0 Å². The van der Waals surface area contributed by atoms with Gasteiger partial charge in [0.25, 0.3) is 0 Å². The lowest BCUT2D eigenvalue weighted by molar-refractivity contribution is -0.120. The lowest BCUT2D eigenvalue weighted by atomic mass is 10.0. The number of nitrogens with one attached hydrogen (secondary N) is 1. The molecule has 0 aliphatic carbocycles. The van der Waals surface area contributed by atoms with E-state index in [1.807, 2.05) is 0 Å². The highest BCUT2D eigenvalue weighted by molar-refractivity contribution is 9.10. The number of methoxy groups -OCH3 is 1. The Morgan fingerprint density at radius 2 is 2.39 bits per heavy atom. The molecule has 1 saturated heterocycles. The van der Waals surface area contributed by atoms with E-state index in [1.165, 1.54) is 12.1 Å². The van der Waals surface area contributed by atoms with Crippen molar-refractivity contribution in [1.29, 1.82) is 0 Å². The molecule has 1 aliphatic heterocycles. The molecule has 2 atom stereocenters. The van der Waals surface area contributed by atoms with Crippen molar-refractivity contribution < 1.29 is 13.9 Å². The molecule has 1 aliphatic rings. The van der Waals surface area contributed by atoms with E-state index in [1.54, 1.807) is 13.2 Å². The van der Waals surface area contributed by atoms with Crippen LogP contribution in [-0.2, 0) is 16.0 Å². The third kappa shape index (κ3) is 3.16. The molecule has 1 N–H and O–H groups in total. The predicted octanol–water partition coefficient (Wildman–Crippen LogP) is 2.08. The van der Waals surface area contributed by atoms with Crippen LogP contribution >= 0.6 is 15.9 Å². The van der Waals surface area contributed by atoms with E-state index in [-0.39, 0.29) is 30.2 Å². The molecule has 1 aromatic carbocycles. The summed E-state index contributed by atoms with van der Waals surface area (Å²) < 4.78 is 19.1. The van der Waals surface area contributed by atoms with Gasteiger partial charge in [-0.2, -0.15) is 0 Å². The molecule has 0 aromatic heterocycles. The maximum Gasteiger partial charge on any atom is 0.154 e. The Morgan fingerprint density at radius 3 is 3.06 bits per heavy atom. The van der Waals surface area contributed by atoms with Crippen LogP contribution in [0.15, 0.2) is 22.7 Å². The summed E-state index contributed by atoms with van der Waals surface area (Å²) in [5.41, 5.74) is 0.683. The van der Waals surface area contributed by atoms with Gasteiger partial charge in [0.1, 0.15) is 5.82 Å². The van der Waals surface area contributed by atoms with Crippen molar-refractivity contribution in [3.8, 4) is 0 Å². The minimum Gasteiger partial charge on any atom is -0.380 e. The van der Waals surface area contributed by atoms with Crippen LogP contribution in [0.1, 0.15) is 12.0 Å². The molecule has 3 nitrogen and oxygen atoms in total. The van der Waals surface area contributed by atoms with Crippen LogP contribution in [-0.4, -0.2) is 31.6 Å². The summed E-state index contributed by atoms with van der Waals surface area (Å²) in [5.74, 6) is -0.254. The Hall–Kier alpha value is -0.780. The van der Waals surface area contributed by atoms with Gasteiger partial charge < -0.3 is 10.1 Å². The average molecular weight is 316 g/mol. The molecule has 0 bridgehead atoms. The molecule has 0 spiro atoms. The first-order valence-electron chi connectivity index (χ1n) is 5.83. The molecular formula is C13H15BrFNO2. The van der Waals surface area contributed by atoms with Crippen LogP contribution < -0.4 is 5.32 Å². The molecule has 18 heavy (non-hydrogen) atoms. The standard InChI is InChI=1S/C13H15BrFNO2/c1-18-10-6-12(16-7-10)13(17)5-8-4-9(15)2-3-11(8)14/h2-4,10,12,16H,5-7H2,1H3. The van der Waals surface area contributed by atoms with Crippen LogP contribution in [0.5, 0.6) is 0 Å². The van der Waals surface area contributed by atoms with Gasteiger partial charge in [0.05, 0.1) is 12.1 Å². The van der Waals surface area contributed by atoms with Crippen LogP contribution in [0.4, 0.5) is 4.39 Å². The molecular weight excluding hydrogens is 301 g/mol. The summed E-state index contributed by atoms with van der Waals surface area (Å²) in [4.78, 5) is 12.1. The van der Waals surface area contributed by atoms with Gasteiger partial charge in [0.15, 0.2) is 5.78 Å². The minimum atomic E-state index is -0.324. The topological polar surface area (TPSA) is 38.3 Å². The van der Waals surface area contributed by atoms with Gasteiger partial charge in [-0.3, -0.25) is 4.79 Å². The van der Waals surface area contributed by atoms with Crippen molar-refractivity contribution in [1.82, 2.24) is 5.32 Å². The summed E-state index contributed by atoms with van der Waals surface area (Å²) in [5, 5.41) is 3.13. The monoisotopic (exact) mass is 315 g/mol. The molecule has 1 fully saturated rings. The molecule has 1 aromatic rings. The Bertz CT molecular complexity index is 453. The fourth-order valence-corrected chi connectivity index (χ4v) is 2.50. The second-order valence-corrected chi connectivity index (χ2v) is 5.29. The van der Waals surface area contributed by atoms with Crippen LogP contribution in [0.3, 0.4) is 0 Å². The van der Waals surface area contributed by atoms with Crippen molar-refractivity contribution in [3.05, 3.63) is 34.1 Å². The van der Waals surface area contributed by atoms with E-state index < -0.39 is 0 Å². The Labute approximate surface area is 114 Å². The fraction of sp³-hybridized carbons (Fsp3) is 0.462. The summed E-state index contributed by atoms with van der Waals surface area (Å²) in [6.07, 6.45) is 1.00. The van der Waals surface area contributed by atoms with Crippen molar-refractivity contribution >= 4 is 21.7 Å². The van der Waals surface area contributed by atoms with Crippen molar-refractivity contribution in [3.63, 3.8) is 0 Å². The number of hydrogen-bond acceptors (Lipinski definition) is 3. The number of halogens is 2. The zero-order valence-corrected chi connectivity index (χ0v) is 11.7. The summed E-state index contributed by atoms with van der Waals surface area (Å²) in [7, 11) is 1.64. The van der Waals surface area contributed by atoms with Crippen molar-refractivity contribution in [2.75, 3.05) is 13.7 Å². The van der Waals surface area contributed by atoms with Crippen molar-refractivity contribution in [2.24, 2.45) is 0 Å². The number of ether oxygens (including phenoxy) is 1. The highest BCUT2D eigenvalue weighted by atomic mass is 79.9. The van der Waals surface area contributed by atoms with E-state index in [9.17, 15) is 9.18 Å². The maximum absolute atomic E-state index is 13.1. The number of hydrogen-bond donors (Lipinski definition) is 1. The Morgan fingerprint density at radius 1 is 1.61 bits per heavy atom. The Balaban J connectivity index is 2.01. The number of benzene rings is 1. The Kier molecular flexibility index (Phi) is 4.48. The third-order valence-electron chi connectivity index (χ3n) is 3.18. The smallest absolute Gasteiger partial charge is 0.154 e. The van der Waals surface area contributed by atoms with E-state index in [0.29, 0.717) is 18.5 Å². The first-order valence-corrected chi connectivity index (χ1v) is 6.62. The van der Waals surface area contributed by atoms with Crippen LogP contribution in [0.25, 0.3) is 0 Å². The maximum atomic E-state index is 13.1. The summed E-state index contributed by atoms with van der Waals surface area (Å²) in [6, 6.07) is 4.19. The van der Waals surface area contributed by atoms with E-state index in [4.69, 9.17) is 4.74 Å². The summed E-state index contributed by atoms with van der Waals surface area (Å²) >= 11 is 3.33. The molecule has 5 heteroatoms. The normalized spacial score (nSPS) is 23.3. The zero-order valence-electron chi connectivity index (χ0n) is 10.1. The lowest BCUT2D eigenvalue weighted by Gasteiger charge is -2.10. The van der Waals surface area contributed by atoms with Gasteiger partial charge in [-0.05, 0) is 30.2 Å². The highest BCUT2D eigenvalue weighted by Gasteiger charge is 2.29. The minimum absolute atomic E-state index is 0.0702. The average Bonchev–Trinajstić information content (AvgIpc) is 2.82. The fourth-order valence-electron chi connectivity index (χ4n) is 2.12. The van der Waals surface area contributed by atoms with Gasteiger partial charge in [0, 0.05) is 24.5 Å². The van der Waals surface area contributed by atoms with E-state index in [2.05, 4.69) is 21.2 Å². The lowest BCUT2D eigenvalue weighted by Crippen LogP contribution is -2.31. The molecule has 0 radical (unpaired) electrons. The molecule has 2 unspecified atom stereocenters. The number of carbonyl (C=O) groups excluding carboxylic acids is 1. The quantitative estimate of drug-likeness (QED) is 0.924. The number of Topliss-reactive ketones (excluding diaryl/α,β-unsaturated/α-hetero) is 1. The molecule has 98 valence electrons. The summed E-state index contributed by atoms with van der Waals surface area (Å²) in [6.45, 7) is 0.692. The number of carbonyl (C=O) groups is 1. The third-order valence-corrected chi connectivity index (χ3v) is 3.96. The van der Waals surface area contributed by atoms with Gasteiger partial charge >= 0.3 is 0 Å². The highest BCUT2D eigenvalue weighted by Crippen LogP contribution is 2.20. The van der Waals surface area contributed by atoms with Gasteiger partial charge in [-0.1, -0.05) is 15.9 Å². The second-order valence-electron chi connectivity index (χ2n) is 4.43. The molecule has 0 amide bonds. The van der Waals surface area contributed by atoms with Gasteiger partial charge in [0.2, 0.25) is 0 Å². The predicted molar refractivity (Wildman–Crippen MR) is 70.0 cm³/mol. The largest absolute Gasteiger partial charge is 0.380 e. The van der Waals surface area contributed by atoms with Gasteiger partial charge in [-0.25, -0.2) is 4.39 Å². The first-order chi connectivity index (χ1) is 8.60. The number of ketones is 1. The number of rotatable bonds is 4. The van der Waals surface area contributed by atoms with Crippen LogP contribution in [0, 0.1) is 5.82 Å². The van der Waals surface area contributed by atoms with E-state index in [0.717, 1.165) is 4.47 Å². The second kappa shape index (κ2) is 5.91. The molecule has 2 rings (SSSR count). The first kappa shape index (κ1) is 13.6. The van der Waals surface area contributed by atoms with Crippen molar-refractivity contribution in [2.45, 2.75) is 25.0 Å². The SMILES string of the molecule is COC1CNC(C(=O)Cc2cc(F)ccc2Br)C1. The van der Waals surface area contributed by atoms with E-state index >= 15 is 0 Å². The zero-order chi connectivity index (χ0) is 13.1. The van der Waals surface area contributed by atoms with Gasteiger partial charge in [-0.15, -0.1) is 0 Å². The molecule has 1 heterocycles.